The number of benzene rings is 1. The molecule has 0 bridgehead atoms. The van der Waals surface area contributed by atoms with Crippen LogP contribution in [0.3, 0.4) is 0 Å². The number of anilines is 1. The van der Waals surface area contributed by atoms with Crippen LogP contribution >= 0.6 is 0 Å². The first-order chi connectivity index (χ1) is 17.9. The molecule has 0 spiro atoms. The van der Waals surface area contributed by atoms with Crippen molar-refractivity contribution >= 4 is 11.9 Å². The summed E-state index contributed by atoms with van der Waals surface area (Å²) in [6, 6.07) is 5.89. The first kappa shape index (κ1) is 26.0. The maximum absolute atomic E-state index is 14.7. The van der Waals surface area contributed by atoms with Crippen molar-refractivity contribution in [1.82, 2.24) is 15.0 Å². The molecule has 1 aliphatic heterocycles. The van der Waals surface area contributed by atoms with Crippen LogP contribution in [0.2, 0.25) is 0 Å². The largest absolute Gasteiger partial charge is 0.493 e. The third kappa shape index (κ3) is 6.27. The summed E-state index contributed by atoms with van der Waals surface area (Å²) in [6.45, 7) is 6.68. The lowest BCUT2D eigenvalue weighted by atomic mass is 9.90. The van der Waals surface area contributed by atoms with Gasteiger partial charge in [0, 0.05) is 38.2 Å². The normalized spacial score (nSPS) is 22.6. The fraction of sp³-hybridized carbons (Fsp3) is 0.690. The van der Waals surface area contributed by atoms with Crippen LogP contribution in [0.5, 0.6) is 5.75 Å². The molecule has 1 aromatic carbocycles. The molecule has 2 atom stereocenters. The van der Waals surface area contributed by atoms with Crippen LogP contribution in [-0.4, -0.2) is 53.7 Å². The highest BCUT2D eigenvalue weighted by Gasteiger charge is 2.43. The molecule has 1 amide bonds. The van der Waals surface area contributed by atoms with Gasteiger partial charge in [0.1, 0.15) is 11.6 Å². The Bertz CT molecular complexity index is 1060. The minimum Gasteiger partial charge on any atom is -0.493 e. The van der Waals surface area contributed by atoms with Gasteiger partial charge in [0.15, 0.2) is 5.82 Å². The number of ether oxygens (including phenoxy) is 1. The standard InChI is InChI=1S/C29H41FN4O3/c1-19(2)28-31-29(37-32-28)34-13-10-20(11-14-34)25-16-21(25)12-15-36-24-9-8-22(26(30)18-24)17-27(35)33(3)23-6-4-5-7-23/h8-9,18-21,23,25H,4-7,10-17H2,1-3H3. The van der Waals surface area contributed by atoms with Gasteiger partial charge in [-0.3, -0.25) is 4.79 Å². The van der Waals surface area contributed by atoms with Crippen LogP contribution in [0, 0.1) is 23.6 Å². The Hall–Kier alpha value is -2.64. The Kier molecular flexibility index (Phi) is 8.01. The van der Waals surface area contributed by atoms with E-state index in [1.54, 1.807) is 17.0 Å². The summed E-state index contributed by atoms with van der Waals surface area (Å²) < 4.78 is 26.0. The first-order valence-corrected chi connectivity index (χ1v) is 14.1. The van der Waals surface area contributed by atoms with Gasteiger partial charge < -0.3 is 19.1 Å². The van der Waals surface area contributed by atoms with Crippen molar-refractivity contribution < 1.29 is 18.4 Å². The number of hydrogen-bond donors (Lipinski definition) is 0. The maximum Gasteiger partial charge on any atom is 0.324 e. The van der Waals surface area contributed by atoms with Gasteiger partial charge in [-0.1, -0.05) is 37.9 Å². The molecule has 3 fully saturated rings. The summed E-state index contributed by atoms with van der Waals surface area (Å²) in [5, 5.41) is 4.09. The highest BCUT2D eigenvalue weighted by Crippen LogP contribution is 2.50. The molecule has 7 nitrogen and oxygen atoms in total. The molecule has 8 heteroatoms. The molecule has 1 saturated heterocycles. The van der Waals surface area contributed by atoms with E-state index in [0.29, 0.717) is 35.9 Å². The maximum atomic E-state index is 14.7. The monoisotopic (exact) mass is 512 g/mol. The molecule has 3 aliphatic rings. The van der Waals surface area contributed by atoms with E-state index in [9.17, 15) is 9.18 Å². The van der Waals surface area contributed by atoms with Gasteiger partial charge in [0.25, 0.3) is 0 Å². The molecular weight excluding hydrogens is 471 g/mol. The van der Waals surface area contributed by atoms with Gasteiger partial charge in [-0.25, -0.2) is 4.39 Å². The van der Waals surface area contributed by atoms with Gasteiger partial charge in [-0.05, 0) is 67.9 Å². The van der Waals surface area contributed by atoms with Crippen molar-refractivity contribution in [3.05, 3.63) is 35.4 Å². The SMILES string of the molecule is CC(C)c1noc(N2CCC(C3CC3CCOc3ccc(CC(=O)N(C)C4CCCC4)c(F)c3)CC2)n1. The number of carbonyl (C=O) groups is 1. The lowest BCUT2D eigenvalue weighted by Crippen LogP contribution is -2.36. The summed E-state index contributed by atoms with van der Waals surface area (Å²) >= 11 is 0. The Morgan fingerprint density at radius 3 is 2.65 bits per heavy atom. The van der Waals surface area contributed by atoms with E-state index < -0.39 is 0 Å². The van der Waals surface area contributed by atoms with Crippen molar-refractivity contribution in [3.8, 4) is 5.75 Å². The van der Waals surface area contributed by atoms with E-state index in [4.69, 9.17) is 9.26 Å². The van der Waals surface area contributed by atoms with E-state index in [-0.39, 0.29) is 24.1 Å². The zero-order valence-electron chi connectivity index (χ0n) is 22.5. The molecule has 2 unspecified atom stereocenters. The Labute approximate surface area is 219 Å². The Morgan fingerprint density at radius 2 is 1.97 bits per heavy atom. The Morgan fingerprint density at radius 1 is 1.22 bits per heavy atom. The molecular formula is C29H41FN4O3. The van der Waals surface area contributed by atoms with Crippen molar-refractivity contribution in [3.63, 3.8) is 0 Å². The number of piperidine rings is 1. The minimum absolute atomic E-state index is 0.0116. The highest BCUT2D eigenvalue weighted by atomic mass is 19.1. The van der Waals surface area contributed by atoms with Gasteiger partial charge in [-0.15, -0.1) is 0 Å². The second-order valence-electron chi connectivity index (χ2n) is 11.6. The molecule has 37 heavy (non-hydrogen) atoms. The van der Waals surface area contributed by atoms with E-state index in [1.807, 2.05) is 7.05 Å². The van der Waals surface area contributed by atoms with E-state index in [1.165, 1.54) is 25.3 Å². The number of hydrogen-bond acceptors (Lipinski definition) is 6. The molecule has 2 saturated carbocycles. The van der Waals surface area contributed by atoms with Crippen molar-refractivity contribution in [2.45, 2.75) is 83.6 Å². The predicted octanol–water partition coefficient (Wildman–Crippen LogP) is 5.60. The molecule has 5 rings (SSSR count). The fourth-order valence-electron chi connectivity index (χ4n) is 6.16. The van der Waals surface area contributed by atoms with Crippen LogP contribution in [0.1, 0.15) is 82.5 Å². The number of nitrogens with zero attached hydrogens (tertiary/aromatic N) is 4. The molecule has 1 aromatic heterocycles. The number of likely N-dealkylation sites (N-methyl/N-ethyl adjacent to an activating group) is 1. The fourth-order valence-corrected chi connectivity index (χ4v) is 6.16. The third-order valence-electron chi connectivity index (χ3n) is 8.73. The molecule has 2 aliphatic carbocycles. The molecule has 202 valence electrons. The number of rotatable bonds is 10. The number of amides is 1. The van der Waals surface area contributed by atoms with E-state index >= 15 is 0 Å². The predicted molar refractivity (Wildman–Crippen MR) is 140 cm³/mol. The van der Waals surface area contributed by atoms with Gasteiger partial charge >= 0.3 is 6.01 Å². The van der Waals surface area contributed by atoms with Crippen LogP contribution in [-0.2, 0) is 11.2 Å². The van der Waals surface area contributed by atoms with Crippen molar-refractivity contribution in [1.29, 1.82) is 0 Å². The lowest BCUT2D eigenvalue weighted by Gasteiger charge is -2.30. The summed E-state index contributed by atoms with van der Waals surface area (Å²) in [7, 11) is 1.85. The van der Waals surface area contributed by atoms with Crippen LogP contribution < -0.4 is 9.64 Å². The van der Waals surface area contributed by atoms with Crippen LogP contribution in [0.15, 0.2) is 22.7 Å². The van der Waals surface area contributed by atoms with Crippen molar-refractivity contribution in [2.75, 3.05) is 31.6 Å². The van der Waals surface area contributed by atoms with Gasteiger partial charge in [0.2, 0.25) is 5.91 Å². The average molecular weight is 513 g/mol. The van der Waals surface area contributed by atoms with E-state index in [0.717, 1.165) is 62.9 Å². The number of carbonyl (C=O) groups excluding carboxylic acids is 1. The minimum atomic E-state index is -0.358. The number of aromatic nitrogens is 2. The second kappa shape index (κ2) is 11.4. The lowest BCUT2D eigenvalue weighted by molar-refractivity contribution is -0.131. The molecule has 2 aromatic rings. The topological polar surface area (TPSA) is 71.7 Å². The molecule has 2 heterocycles. The smallest absolute Gasteiger partial charge is 0.324 e. The summed E-state index contributed by atoms with van der Waals surface area (Å²) in [5.41, 5.74) is 0.441. The Balaban J connectivity index is 1.02. The molecule has 0 N–H and O–H groups in total. The summed E-state index contributed by atoms with van der Waals surface area (Å²) in [5.74, 6) is 3.42. The quantitative estimate of drug-likeness (QED) is 0.413. The first-order valence-electron chi connectivity index (χ1n) is 14.1. The van der Waals surface area contributed by atoms with E-state index in [2.05, 4.69) is 28.9 Å². The number of halogens is 1. The average Bonchev–Trinajstić information content (AvgIpc) is 3.27. The van der Waals surface area contributed by atoms with Crippen LogP contribution in [0.25, 0.3) is 0 Å². The molecule has 0 radical (unpaired) electrons. The zero-order chi connectivity index (χ0) is 25.9. The zero-order valence-corrected chi connectivity index (χ0v) is 22.5. The van der Waals surface area contributed by atoms with Crippen molar-refractivity contribution in [2.24, 2.45) is 17.8 Å². The van der Waals surface area contributed by atoms with Crippen LogP contribution in [0.4, 0.5) is 10.4 Å². The summed E-state index contributed by atoms with van der Waals surface area (Å²) in [4.78, 5) is 21.1. The van der Waals surface area contributed by atoms with Gasteiger partial charge in [-0.2, -0.15) is 4.98 Å². The summed E-state index contributed by atoms with van der Waals surface area (Å²) in [6.07, 6.45) is 9.12. The third-order valence-corrected chi connectivity index (χ3v) is 8.73. The van der Waals surface area contributed by atoms with Gasteiger partial charge in [0.05, 0.1) is 13.0 Å². The highest BCUT2D eigenvalue weighted by molar-refractivity contribution is 5.79. The second-order valence-corrected chi connectivity index (χ2v) is 11.6.